The number of nitrogens with zero attached hydrogens (tertiary/aromatic N) is 1. The van der Waals surface area contributed by atoms with Crippen molar-refractivity contribution in [3.05, 3.63) is 107 Å². The molecule has 3 rings (SSSR count). The summed E-state index contributed by atoms with van der Waals surface area (Å²) in [4.78, 5) is 12.1. The number of nitriles is 1. The van der Waals surface area contributed by atoms with Gasteiger partial charge in [-0.3, -0.25) is 4.79 Å². The second kappa shape index (κ2) is 8.46. The maximum Gasteiger partial charge on any atom is 0.185 e. The number of allylic oxidation sites excluding steroid dienone is 1. The van der Waals surface area contributed by atoms with Crippen LogP contribution in [0.3, 0.4) is 0 Å². The number of ether oxygens (including phenoxy) is 1. The summed E-state index contributed by atoms with van der Waals surface area (Å²) in [5, 5.41) is 8.94. The maximum atomic E-state index is 12.1. The third kappa shape index (κ3) is 4.68. The van der Waals surface area contributed by atoms with Gasteiger partial charge in [0.1, 0.15) is 12.4 Å². The molecule has 3 aromatic carbocycles. The molecule has 0 aromatic heterocycles. The van der Waals surface area contributed by atoms with Crippen LogP contribution in [0.15, 0.2) is 84.9 Å². The number of ketones is 1. The highest BCUT2D eigenvalue weighted by Crippen LogP contribution is 2.17. The van der Waals surface area contributed by atoms with E-state index in [1.165, 1.54) is 0 Å². The van der Waals surface area contributed by atoms with Crippen LogP contribution in [0, 0.1) is 11.3 Å². The number of rotatable bonds is 6. The zero-order valence-electron chi connectivity index (χ0n) is 14.1. The van der Waals surface area contributed by atoms with Crippen LogP contribution in [0.25, 0.3) is 6.08 Å². The fourth-order valence-electron chi connectivity index (χ4n) is 2.48. The van der Waals surface area contributed by atoms with Crippen LogP contribution in [0.2, 0.25) is 0 Å². The molecule has 126 valence electrons. The molecule has 0 N–H and O–H groups in total. The average Bonchev–Trinajstić information content (AvgIpc) is 2.71. The molecule has 0 unspecified atom stereocenters. The SMILES string of the molecule is N#Cc1cccc(COc2cccc(/C=C/C(=O)c3ccccc3)c2)c1. The number of carbonyl (C=O) groups is 1. The first-order valence-corrected chi connectivity index (χ1v) is 8.24. The van der Waals surface area contributed by atoms with Crippen molar-refractivity contribution in [2.24, 2.45) is 0 Å². The van der Waals surface area contributed by atoms with Gasteiger partial charge in [0.2, 0.25) is 0 Å². The fourth-order valence-corrected chi connectivity index (χ4v) is 2.48. The van der Waals surface area contributed by atoms with Gasteiger partial charge in [-0.05, 0) is 41.5 Å². The molecule has 0 aliphatic rings. The van der Waals surface area contributed by atoms with Gasteiger partial charge < -0.3 is 4.74 Å². The van der Waals surface area contributed by atoms with E-state index in [2.05, 4.69) is 6.07 Å². The standard InChI is InChI=1S/C23H17NO2/c24-16-19-7-4-8-20(14-19)17-26-22-11-5-6-18(15-22)12-13-23(25)21-9-2-1-3-10-21/h1-15H,17H2/b13-12+. The second-order valence-electron chi connectivity index (χ2n) is 5.74. The Kier molecular flexibility index (Phi) is 5.59. The van der Waals surface area contributed by atoms with Gasteiger partial charge in [-0.2, -0.15) is 5.26 Å². The zero-order valence-corrected chi connectivity index (χ0v) is 14.1. The summed E-state index contributed by atoms with van der Waals surface area (Å²) in [5.74, 6) is 0.673. The van der Waals surface area contributed by atoms with Crippen molar-refractivity contribution in [2.75, 3.05) is 0 Å². The molecule has 26 heavy (non-hydrogen) atoms. The van der Waals surface area contributed by atoms with Gasteiger partial charge in [-0.15, -0.1) is 0 Å². The summed E-state index contributed by atoms with van der Waals surface area (Å²) in [6.07, 6.45) is 3.34. The van der Waals surface area contributed by atoms with Crippen LogP contribution in [0.1, 0.15) is 27.0 Å². The summed E-state index contributed by atoms with van der Waals surface area (Å²) in [6, 6.07) is 26.1. The first kappa shape index (κ1) is 17.2. The van der Waals surface area contributed by atoms with Crippen molar-refractivity contribution in [1.29, 1.82) is 5.26 Å². The first-order valence-electron chi connectivity index (χ1n) is 8.24. The molecule has 0 radical (unpaired) electrons. The van der Waals surface area contributed by atoms with Crippen molar-refractivity contribution in [3.63, 3.8) is 0 Å². The second-order valence-corrected chi connectivity index (χ2v) is 5.74. The van der Waals surface area contributed by atoms with E-state index >= 15 is 0 Å². The van der Waals surface area contributed by atoms with Crippen LogP contribution in [-0.4, -0.2) is 5.78 Å². The number of hydrogen-bond acceptors (Lipinski definition) is 3. The van der Waals surface area contributed by atoms with Crippen molar-refractivity contribution in [2.45, 2.75) is 6.61 Å². The van der Waals surface area contributed by atoms with E-state index in [9.17, 15) is 4.79 Å². The Bertz CT molecular complexity index is 969. The normalized spacial score (nSPS) is 10.4. The minimum absolute atomic E-state index is 0.0368. The Balaban J connectivity index is 1.65. The van der Waals surface area contributed by atoms with E-state index in [0.717, 1.165) is 11.1 Å². The Morgan fingerprint density at radius 2 is 1.77 bits per heavy atom. The third-order valence-corrected chi connectivity index (χ3v) is 3.81. The van der Waals surface area contributed by atoms with E-state index in [1.807, 2.05) is 60.7 Å². The molecular weight excluding hydrogens is 322 g/mol. The highest BCUT2D eigenvalue weighted by Gasteiger charge is 2.01. The summed E-state index contributed by atoms with van der Waals surface area (Å²) >= 11 is 0. The van der Waals surface area contributed by atoms with Crippen LogP contribution >= 0.6 is 0 Å². The van der Waals surface area contributed by atoms with Crippen LogP contribution in [0.5, 0.6) is 5.75 Å². The van der Waals surface area contributed by atoms with E-state index in [4.69, 9.17) is 10.00 Å². The summed E-state index contributed by atoms with van der Waals surface area (Å²) in [7, 11) is 0. The van der Waals surface area contributed by atoms with Gasteiger partial charge in [0.15, 0.2) is 5.78 Å². The Morgan fingerprint density at radius 1 is 0.962 bits per heavy atom. The predicted molar refractivity (Wildman–Crippen MR) is 102 cm³/mol. The summed E-state index contributed by atoms with van der Waals surface area (Å²) in [5.41, 5.74) is 3.09. The van der Waals surface area contributed by atoms with Crippen LogP contribution in [0.4, 0.5) is 0 Å². The molecule has 0 fully saturated rings. The molecule has 0 amide bonds. The van der Waals surface area contributed by atoms with Crippen molar-refractivity contribution >= 4 is 11.9 Å². The largest absolute Gasteiger partial charge is 0.489 e. The summed E-state index contributed by atoms with van der Waals surface area (Å²) in [6.45, 7) is 0.381. The first-order chi connectivity index (χ1) is 12.7. The molecule has 3 nitrogen and oxygen atoms in total. The lowest BCUT2D eigenvalue weighted by molar-refractivity contribution is 0.104. The molecule has 0 aliphatic carbocycles. The van der Waals surface area contributed by atoms with E-state index in [-0.39, 0.29) is 5.78 Å². The van der Waals surface area contributed by atoms with Crippen LogP contribution < -0.4 is 4.74 Å². The number of benzene rings is 3. The quantitative estimate of drug-likeness (QED) is 0.467. The van der Waals surface area contributed by atoms with Gasteiger partial charge in [0.05, 0.1) is 11.6 Å². The number of hydrogen-bond donors (Lipinski definition) is 0. The lowest BCUT2D eigenvalue weighted by atomic mass is 10.1. The smallest absolute Gasteiger partial charge is 0.185 e. The highest BCUT2D eigenvalue weighted by molar-refractivity contribution is 6.06. The average molecular weight is 339 g/mol. The van der Waals surface area contributed by atoms with Gasteiger partial charge in [0.25, 0.3) is 0 Å². The highest BCUT2D eigenvalue weighted by atomic mass is 16.5. The Morgan fingerprint density at radius 3 is 2.58 bits per heavy atom. The molecule has 0 aliphatic heterocycles. The molecule has 3 heteroatoms. The molecule has 0 heterocycles. The Hall–Kier alpha value is -3.64. The van der Waals surface area contributed by atoms with Crippen LogP contribution in [-0.2, 0) is 6.61 Å². The van der Waals surface area contributed by atoms with Crippen molar-refractivity contribution in [3.8, 4) is 11.8 Å². The predicted octanol–water partition coefficient (Wildman–Crippen LogP) is 5.03. The molecule has 0 saturated heterocycles. The maximum absolute atomic E-state index is 12.1. The van der Waals surface area contributed by atoms with E-state index < -0.39 is 0 Å². The molecular formula is C23H17NO2. The molecule has 0 saturated carbocycles. The topological polar surface area (TPSA) is 50.1 Å². The van der Waals surface area contributed by atoms with Gasteiger partial charge in [0, 0.05) is 5.56 Å². The molecule has 3 aromatic rings. The lowest BCUT2D eigenvalue weighted by Gasteiger charge is -2.07. The number of carbonyl (C=O) groups excluding carboxylic acids is 1. The molecule has 0 atom stereocenters. The third-order valence-electron chi connectivity index (χ3n) is 3.81. The fraction of sp³-hybridized carbons (Fsp3) is 0.0435. The van der Waals surface area contributed by atoms with Crippen molar-refractivity contribution < 1.29 is 9.53 Å². The summed E-state index contributed by atoms with van der Waals surface area (Å²) < 4.78 is 5.80. The van der Waals surface area contributed by atoms with E-state index in [1.54, 1.807) is 30.4 Å². The lowest BCUT2D eigenvalue weighted by Crippen LogP contribution is -1.96. The zero-order chi connectivity index (χ0) is 18.2. The van der Waals surface area contributed by atoms with Crippen molar-refractivity contribution in [1.82, 2.24) is 0 Å². The van der Waals surface area contributed by atoms with Gasteiger partial charge >= 0.3 is 0 Å². The van der Waals surface area contributed by atoms with E-state index in [0.29, 0.717) is 23.5 Å². The van der Waals surface area contributed by atoms with Gasteiger partial charge in [-0.25, -0.2) is 0 Å². The van der Waals surface area contributed by atoms with Gasteiger partial charge in [-0.1, -0.05) is 60.7 Å². The monoisotopic (exact) mass is 339 g/mol. The Labute approximate surface area is 152 Å². The minimum Gasteiger partial charge on any atom is -0.489 e. The molecule has 0 spiro atoms. The molecule has 0 bridgehead atoms. The minimum atomic E-state index is -0.0368.